The second kappa shape index (κ2) is 7.17. The first-order valence-corrected chi connectivity index (χ1v) is 6.42. The SMILES string of the molecule is CCCc1cc(N(CC)CCC(N)=S)ncn1. The molecule has 17 heavy (non-hydrogen) atoms. The molecule has 0 fully saturated rings. The zero-order chi connectivity index (χ0) is 12.7. The second-order valence-corrected chi connectivity index (χ2v) is 4.44. The van der Waals surface area contributed by atoms with Crippen molar-refractivity contribution in [2.24, 2.45) is 5.73 Å². The van der Waals surface area contributed by atoms with E-state index in [9.17, 15) is 0 Å². The third-order valence-electron chi connectivity index (χ3n) is 2.55. The number of hydrogen-bond donors (Lipinski definition) is 1. The lowest BCUT2D eigenvalue weighted by molar-refractivity contribution is 0.803. The molecule has 94 valence electrons. The van der Waals surface area contributed by atoms with Gasteiger partial charge in [-0.2, -0.15) is 0 Å². The first-order valence-electron chi connectivity index (χ1n) is 6.01. The van der Waals surface area contributed by atoms with E-state index in [-0.39, 0.29) is 0 Å². The highest BCUT2D eigenvalue weighted by molar-refractivity contribution is 7.80. The molecule has 0 saturated heterocycles. The minimum atomic E-state index is 0.547. The summed E-state index contributed by atoms with van der Waals surface area (Å²) in [6.45, 7) is 5.95. The molecule has 0 bridgehead atoms. The number of nitrogens with zero attached hydrogens (tertiary/aromatic N) is 3. The van der Waals surface area contributed by atoms with Crippen molar-refractivity contribution in [2.45, 2.75) is 33.1 Å². The molecule has 1 aromatic rings. The Hall–Kier alpha value is -1.23. The van der Waals surface area contributed by atoms with Gasteiger partial charge >= 0.3 is 0 Å². The van der Waals surface area contributed by atoms with Crippen molar-refractivity contribution in [2.75, 3.05) is 18.0 Å². The lowest BCUT2D eigenvalue weighted by Gasteiger charge is -2.21. The van der Waals surface area contributed by atoms with Gasteiger partial charge in [0.25, 0.3) is 0 Å². The third-order valence-corrected chi connectivity index (χ3v) is 2.75. The number of aromatic nitrogens is 2. The number of aryl methyl sites for hydroxylation is 1. The zero-order valence-electron chi connectivity index (χ0n) is 10.5. The van der Waals surface area contributed by atoms with Gasteiger partial charge in [-0.15, -0.1) is 0 Å². The Bertz CT molecular complexity index is 367. The molecule has 1 aromatic heterocycles. The van der Waals surface area contributed by atoms with Crippen molar-refractivity contribution in [1.82, 2.24) is 9.97 Å². The fourth-order valence-corrected chi connectivity index (χ4v) is 1.72. The predicted octanol–water partition coefficient (Wildman–Crippen LogP) is 1.93. The van der Waals surface area contributed by atoms with Crippen molar-refractivity contribution in [3.8, 4) is 0 Å². The molecule has 0 aliphatic rings. The van der Waals surface area contributed by atoms with Gasteiger partial charge in [0, 0.05) is 31.3 Å². The minimum Gasteiger partial charge on any atom is -0.393 e. The van der Waals surface area contributed by atoms with E-state index in [4.69, 9.17) is 18.0 Å². The minimum absolute atomic E-state index is 0.547. The maximum absolute atomic E-state index is 5.52. The van der Waals surface area contributed by atoms with Gasteiger partial charge in [-0.05, 0) is 13.3 Å². The Balaban J connectivity index is 2.73. The van der Waals surface area contributed by atoms with Crippen LogP contribution in [-0.2, 0) is 6.42 Å². The number of rotatable bonds is 7. The maximum Gasteiger partial charge on any atom is 0.132 e. The van der Waals surface area contributed by atoms with Gasteiger partial charge in [0.1, 0.15) is 12.1 Å². The average Bonchev–Trinajstić information content (AvgIpc) is 2.30. The summed E-state index contributed by atoms with van der Waals surface area (Å²) in [6, 6.07) is 2.05. The Morgan fingerprint density at radius 2 is 2.18 bits per heavy atom. The number of anilines is 1. The van der Waals surface area contributed by atoms with Crippen LogP contribution in [-0.4, -0.2) is 28.0 Å². The Morgan fingerprint density at radius 3 is 2.76 bits per heavy atom. The molecule has 0 aliphatic carbocycles. The van der Waals surface area contributed by atoms with Crippen LogP contribution in [0.5, 0.6) is 0 Å². The summed E-state index contributed by atoms with van der Waals surface area (Å²) >= 11 is 4.90. The number of hydrogen-bond acceptors (Lipinski definition) is 4. The summed E-state index contributed by atoms with van der Waals surface area (Å²) in [5.41, 5.74) is 6.61. The summed E-state index contributed by atoms with van der Waals surface area (Å²) in [5, 5.41) is 0. The van der Waals surface area contributed by atoms with Gasteiger partial charge in [0.05, 0.1) is 4.99 Å². The molecule has 0 unspecified atom stereocenters. The molecule has 2 N–H and O–H groups in total. The zero-order valence-corrected chi connectivity index (χ0v) is 11.3. The molecule has 5 heteroatoms. The van der Waals surface area contributed by atoms with E-state index in [0.29, 0.717) is 4.99 Å². The molecule has 4 nitrogen and oxygen atoms in total. The Labute approximate surface area is 108 Å². The molecule has 0 aliphatic heterocycles. The largest absolute Gasteiger partial charge is 0.393 e. The van der Waals surface area contributed by atoms with Gasteiger partial charge < -0.3 is 10.6 Å². The molecule has 0 spiro atoms. The molecule has 0 aromatic carbocycles. The fraction of sp³-hybridized carbons (Fsp3) is 0.583. The van der Waals surface area contributed by atoms with E-state index in [0.717, 1.165) is 43.9 Å². The quantitative estimate of drug-likeness (QED) is 0.752. The smallest absolute Gasteiger partial charge is 0.132 e. The van der Waals surface area contributed by atoms with Gasteiger partial charge in [0.2, 0.25) is 0 Å². The Morgan fingerprint density at radius 1 is 1.41 bits per heavy atom. The first kappa shape index (κ1) is 13.8. The van der Waals surface area contributed by atoms with Crippen LogP contribution in [0.4, 0.5) is 5.82 Å². The second-order valence-electron chi connectivity index (χ2n) is 3.91. The highest BCUT2D eigenvalue weighted by Gasteiger charge is 2.07. The number of nitrogens with two attached hydrogens (primary N) is 1. The monoisotopic (exact) mass is 252 g/mol. The molecule has 0 amide bonds. The van der Waals surface area contributed by atoms with Crippen LogP contribution in [0.1, 0.15) is 32.4 Å². The van der Waals surface area contributed by atoms with Crippen LogP contribution in [0.15, 0.2) is 12.4 Å². The molecular formula is C12H20N4S. The summed E-state index contributed by atoms with van der Waals surface area (Å²) < 4.78 is 0. The molecular weight excluding hydrogens is 232 g/mol. The lowest BCUT2D eigenvalue weighted by atomic mass is 10.2. The van der Waals surface area contributed by atoms with Crippen LogP contribution in [0.25, 0.3) is 0 Å². The molecule has 0 atom stereocenters. The van der Waals surface area contributed by atoms with Gasteiger partial charge in [0.15, 0.2) is 0 Å². The van der Waals surface area contributed by atoms with Crippen LogP contribution in [0, 0.1) is 0 Å². The van der Waals surface area contributed by atoms with Crippen LogP contribution in [0.2, 0.25) is 0 Å². The van der Waals surface area contributed by atoms with Crippen molar-refractivity contribution in [1.29, 1.82) is 0 Å². The molecule has 1 rings (SSSR count). The molecule has 0 radical (unpaired) electrons. The highest BCUT2D eigenvalue weighted by atomic mass is 32.1. The fourth-order valence-electron chi connectivity index (χ4n) is 1.63. The van der Waals surface area contributed by atoms with Crippen LogP contribution < -0.4 is 10.6 Å². The Kier molecular flexibility index (Phi) is 5.83. The number of thiocarbonyl (C=S) groups is 1. The van der Waals surface area contributed by atoms with Crippen molar-refractivity contribution >= 4 is 23.0 Å². The van der Waals surface area contributed by atoms with E-state index >= 15 is 0 Å². The normalized spacial score (nSPS) is 10.2. The van der Waals surface area contributed by atoms with E-state index in [2.05, 4.69) is 28.7 Å². The molecule has 1 heterocycles. The summed E-state index contributed by atoms with van der Waals surface area (Å²) in [4.78, 5) is 11.3. The van der Waals surface area contributed by atoms with Gasteiger partial charge in [-0.25, -0.2) is 9.97 Å². The summed E-state index contributed by atoms with van der Waals surface area (Å²) in [7, 11) is 0. The van der Waals surface area contributed by atoms with Crippen LogP contribution in [0.3, 0.4) is 0 Å². The summed E-state index contributed by atoms with van der Waals surface area (Å²) in [6.07, 6.45) is 4.43. The van der Waals surface area contributed by atoms with Crippen molar-refractivity contribution in [3.05, 3.63) is 18.1 Å². The van der Waals surface area contributed by atoms with E-state index < -0.39 is 0 Å². The van der Waals surface area contributed by atoms with E-state index in [1.54, 1.807) is 6.33 Å². The maximum atomic E-state index is 5.52. The van der Waals surface area contributed by atoms with E-state index in [1.165, 1.54) is 0 Å². The standard InChI is InChI=1S/C12H20N4S/c1-3-5-10-8-12(15-9-14-10)16(4-2)7-6-11(13)17/h8-9H,3-7H2,1-2H3,(H2,13,17). The molecule has 0 saturated carbocycles. The van der Waals surface area contributed by atoms with Crippen molar-refractivity contribution in [3.63, 3.8) is 0 Å². The topological polar surface area (TPSA) is 55.0 Å². The van der Waals surface area contributed by atoms with Crippen LogP contribution >= 0.6 is 12.2 Å². The van der Waals surface area contributed by atoms with E-state index in [1.807, 2.05) is 6.07 Å². The van der Waals surface area contributed by atoms with Gasteiger partial charge in [-0.1, -0.05) is 25.6 Å². The predicted molar refractivity (Wildman–Crippen MR) is 75.3 cm³/mol. The third kappa shape index (κ3) is 4.65. The summed E-state index contributed by atoms with van der Waals surface area (Å²) in [5.74, 6) is 0.960. The highest BCUT2D eigenvalue weighted by Crippen LogP contribution is 2.12. The van der Waals surface area contributed by atoms with Crippen molar-refractivity contribution < 1.29 is 0 Å². The first-order chi connectivity index (χ1) is 8.17. The lowest BCUT2D eigenvalue weighted by Crippen LogP contribution is -2.28. The van der Waals surface area contributed by atoms with Gasteiger partial charge in [-0.3, -0.25) is 0 Å². The average molecular weight is 252 g/mol.